The molecule has 0 aromatic heterocycles. The fourth-order valence-corrected chi connectivity index (χ4v) is 1.40. The molecule has 1 rings (SSSR count). The van der Waals surface area contributed by atoms with Crippen molar-refractivity contribution >= 4 is 0 Å². The Morgan fingerprint density at radius 1 is 1.08 bits per heavy atom. The van der Waals surface area contributed by atoms with Crippen LogP contribution in [0.1, 0.15) is 12.8 Å². The van der Waals surface area contributed by atoms with Gasteiger partial charge in [0.05, 0.1) is 7.11 Å². The van der Waals surface area contributed by atoms with Crippen molar-refractivity contribution in [1.82, 2.24) is 0 Å². The first-order valence-electron chi connectivity index (χ1n) is 4.09. The van der Waals surface area contributed by atoms with Gasteiger partial charge in [0.2, 0.25) is 12.2 Å². The third-order valence-corrected chi connectivity index (χ3v) is 2.18. The van der Waals surface area contributed by atoms with E-state index < -0.39 is 0 Å². The lowest BCUT2D eigenvalue weighted by Crippen LogP contribution is -2.32. The summed E-state index contributed by atoms with van der Waals surface area (Å²) in [6.45, 7) is 0. The molecule has 3 nitrogen and oxygen atoms in total. The van der Waals surface area contributed by atoms with E-state index >= 15 is 0 Å². The monoisotopic (exact) mass is 172 g/mol. The van der Waals surface area contributed by atoms with Crippen molar-refractivity contribution in [2.24, 2.45) is 0 Å². The van der Waals surface area contributed by atoms with Gasteiger partial charge in [0.1, 0.15) is 6.42 Å². The van der Waals surface area contributed by atoms with Crippen molar-refractivity contribution in [3.05, 3.63) is 12.5 Å². The molecule has 68 valence electrons. The second kappa shape index (κ2) is 4.60. The third kappa shape index (κ3) is 2.30. The van der Waals surface area contributed by atoms with Gasteiger partial charge < -0.3 is 9.47 Å². The van der Waals surface area contributed by atoms with Gasteiger partial charge in [-0.05, 0) is 0 Å². The van der Waals surface area contributed by atoms with Crippen LogP contribution >= 0.6 is 0 Å². The van der Waals surface area contributed by atoms with Crippen LogP contribution < -0.4 is 0 Å². The topological polar surface area (TPSA) is 27.7 Å². The third-order valence-electron chi connectivity index (χ3n) is 2.18. The van der Waals surface area contributed by atoms with Gasteiger partial charge in [0, 0.05) is 14.2 Å². The van der Waals surface area contributed by atoms with Gasteiger partial charge in [0.25, 0.3) is 6.10 Å². The van der Waals surface area contributed by atoms with Crippen LogP contribution in [0.2, 0.25) is 0 Å². The summed E-state index contributed by atoms with van der Waals surface area (Å²) in [4.78, 5) is 0. The first-order chi connectivity index (χ1) is 5.80. The lowest BCUT2D eigenvalue weighted by Gasteiger charge is -2.16. The molecular weight excluding hydrogens is 156 g/mol. The van der Waals surface area contributed by atoms with Crippen molar-refractivity contribution in [3.63, 3.8) is 0 Å². The van der Waals surface area contributed by atoms with Crippen LogP contribution in [0.3, 0.4) is 0 Å². The van der Waals surface area contributed by atoms with Crippen molar-refractivity contribution in [3.8, 4) is 0 Å². The zero-order chi connectivity index (χ0) is 8.97. The predicted molar refractivity (Wildman–Crippen MR) is 45.4 cm³/mol. The maximum atomic E-state index is 5.22. The van der Waals surface area contributed by atoms with Gasteiger partial charge in [-0.1, -0.05) is 0 Å². The number of hydrogen-bond donors (Lipinski definition) is 0. The average Bonchev–Trinajstić information content (AvgIpc) is 2.16. The maximum absolute atomic E-state index is 5.22. The minimum absolute atomic E-state index is 0.138. The van der Waals surface area contributed by atoms with Crippen LogP contribution in [0.5, 0.6) is 0 Å². The minimum atomic E-state index is 0.138. The van der Waals surface area contributed by atoms with Crippen molar-refractivity contribution in [2.45, 2.75) is 25.0 Å². The summed E-state index contributed by atoms with van der Waals surface area (Å²) in [5.74, 6) is 0. The number of methoxy groups -OCH3 is 3. The second-order valence-electron chi connectivity index (χ2n) is 2.89. The molecule has 0 spiro atoms. The molecule has 2 atom stereocenters. The number of rotatable bonds is 3. The molecule has 12 heavy (non-hydrogen) atoms. The highest BCUT2D eigenvalue weighted by Gasteiger charge is 2.45. The Labute approximate surface area is 74.0 Å². The van der Waals surface area contributed by atoms with Gasteiger partial charge in [0.15, 0.2) is 12.8 Å². The zero-order valence-corrected chi connectivity index (χ0v) is 7.87. The van der Waals surface area contributed by atoms with E-state index in [2.05, 4.69) is 6.42 Å². The van der Waals surface area contributed by atoms with E-state index in [9.17, 15) is 0 Å². The summed E-state index contributed by atoms with van der Waals surface area (Å²) in [7, 11) is 5.10. The normalized spacial score (nSPS) is 30.1. The van der Waals surface area contributed by atoms with E-state index in [0.29, 0.717) is 0 Å². The highest BCUT2D eigenvalue weighted by molar-refractivity contribution is 5.02. The molecule has 1 fully saturated rings. The molecular formula is C9H16O3+2. The first kappa shape index (κ1) is 9.71. The lowest BCUT2D eigenvalue weighted by atomic mass is 9.92. The molecule has 0 bridgehead atoms. The summed E-state index contributed by atoms with van der Waals surface area (Å²) in [5, 5.41) is 0. The molecule has 0 aromatic carbocycles. The first-order valence-corrected chi connectivity index (χ1v) is 4.09. The molecule has 0 aliphatic heterocycles. The van der Waals surface area contributed by atoms with Gasteiger partial charge in [-0.25, -0.2) is 0 Å². The van der Waals surface area contributed by atoms with Gasteiger partial charge in [-0.2, -0.15) is 4.74 Å². The second-order valence-corrected chi connectivity index (χ2v) is 2.89. The quantitative estimate of drug-likeness (QED) is 0.598. The molecule has 3 heteroatoms. The van der Waals surface area contributed by atoms with Gasteiger partial charge in [-0.15, -0.1) is 0 Å². The molecule has 0 amide bonds. The summed E-state index contributed by atoms with van der Waals surface area (Å²) in [5.41, 5.74) is 0. The van der Waals surface area contributed by atoms with Gasteiger partial charge >= 0.3 is 0 Å². The van der Waals surface area contributed by atoms with E-state index in [-0.39, 0.29) is 12.2 Å². The predicted octanol–water partition coefficient (Wildman–Crippen LogP) is 1.19. The Morgan fingerprint density at radius 2 is 1.58 bits per heavy atom. The fraction of sp³-hybridized carbons (Fsp3) is 0.778. The highest BCUT2D eigenvalue weighted by atomic mass is 16.5. The van der Waals surface area contributed by atoms with Crippen molar-refractivity contribution in [2.75, 3.05) is 21.3 Å². The molecule has 1 saturated carbocycles. The molecule has 0 aromatic rings. The Balaban J connectivity index is 2.41. The molecule has 1 aliphatic carbocycles. The summed E-state index contributed by atoms with van der Waals surface area (Å²) in [6.07, 6.45) is 5.11. The lowest BCUT2D eigenvalue weighted by molar-refractivity contribution is 0.00695. The van der Waals surface area contributed by atoms with Crippen LogP contribution in [0.15, 0.2) is 0 Å². The fourth-order valence-electron chi connectivity index (χ4n) is 1.40. The van der Waals surface area contributed by atoms with Crippen LogP contribution in [0.25, 0.3) is 0 Å². The van der Waals surface area contributed by atoms with E-state index in [4.69, 9.17) is 14.2 Å². The van der Waals surface area contributed by atoms with Crippen LogP contribution in [-0.2, 0) is 14.2 Å². The molecule has 2 unspecified atom stereocenters. The largest absolute Gasteiger partial charge is 0.337 e. The van der Waals surface area contributed by atoms with Crippen molar-refractivity contribution < 1.29 is 14.2 Å². The van der Waals surface area contributed by atoms with Crippen LogP contribution in [-0.4, -0.2) is 33.5 Å². The zero-order valence-electron chi connectivity index (χ0n) is 7.87. The van der Waals surface area contributed by atoms with E-state index in [1.807, 2.05) is 0 Å². The molecule has 0 heterocycles. The Morgan fingerprint density at radius 3 is 1.92 bits per heavy atom. The Bertz CT molecular complexity index is 97.2. The number of ether oxygens (including phenoxy) is 3. The molecule has 0 N–H and O–H groups in total. The Hall–Kier alpha value is -0.380. The molecule has 1 aliphatic rings. The van der Waals surface area contributed by atoms with Crippen LogP contribution in [0, 0.1) is 12.5 Å². The molecule has 0 saturated heterocycles. The molecule has 0 radical (unpaired) electrons. The summed E-state index contributed by atoms with van der Waals surface area (Å²) < 4.78 is 15.6. The average molecular weight is 172 g/mol. The van der Waals surface area contributed by atoms with Crippen molar-refractivity contribution in [1.29, 1.82) is 0 Å². The maximum Gasteiger partial charge on any atom is 0.255 e. The minimum Gasteiger partial charge on any atom is -0.337 e. The smallest absolute Gasteiger partial charge is 0.255 e. The number of hydrogen-bond acceptors (Lipinski definition) is 3. The SMILES string of the molecule is CO[C+]1CC(OC)[CH+]C(OC)C1. The van der Waals surface area contributed by atoms with Gasteiger partial charge in [-0.3, -0.25) is 0 Å². The Kier molecular flexibility index (Phi) is 3.72. The highest BCUT2D eigenvalue weighted by Crippen LogP contribution is 2.28. The summed E-state index contributed by atoms with van der Waals surface area (Å²) in [6, 6.07) is 0. The van der Waals surface area contributed by atoms with E-state index in [1.165, 1.54) is 0 Å². The standard InChI is InChI=1S/C9H16O3/c1-10-7-4-8(11-2)6-9(5-7)12-3/h4,7-8H,5-6H2,1-3H3/q+2. The van der Waals surface area contributed by atoms with Crippen LogP contribution in [0.4, 0.5) is 0 Å². The summed E-state index contributed by atoms with van der Waals surface area (Å²) >= 11 is 0. The van der Waals surface area contributed by atoms with E-state index in [1.54, 1.807) is 21.3 Å². The van der Waals surface area contributed by atoms with E-state index in [0.717, 1.165) is 18.9 Å².